The lowest BCUT2D eigenvalue weighted by Crippen LogP contribution is -2.08. The fourth-order valence-corrected chi connectivity index (χ4v) is 1.51. The third kappa shape index (κ3) is 2.16. The SMILES string of the molecule is CC(C(=O)O)c1cc(Cl)cc(F)c1Cl. The second kappa shape index (κ2) is 4.15. The highest BCUT2D eigenvalue weighted by molar-refractivity contribution is 6.34. The Bertz CT molecular complexity index is 379. The van der Waals surface area contributed by atoms with Crippen LogP contribution in [-0.4, -0.2) is 11.1 Å². The zero-order valence-corrected chi connectivity index (χ0v) is 8.73. The van der Waals surface area contributed by atoms with Crippen molar-refractivity contribution < 1.29 is 14.3 Å². The van der Waals surface area contributed by atoms with Gasteiger partial charge in [0.1, 0.15) is 5.82 Å². The van der Waals surface area contributed by atoms with Crippen LogP contribution in [0.5, 0.6) is 0 Å². The topological polar surface area (TPSA) is 37.3 Å². The van der Waals surface area contributed by atoms with Crippen LogP contribution in [0.15, 0.2) is 12.1 Å². The smallest absolute Gasteiger partial charge is 0.310 e. The van der Waals surface area contributed by atoms with Gasteiger partial charge < -0.3 is 5.11 Å². The summed E-state index contributed by atoms with van der Waals surface area (Å²) in [7, 11) is 0. The van der Waals surface area contributed by atoms with Gasteiger partial charge >= 0.3 is 5.97 Å². The molecule has 1 aromatic rings. The lowest BCUT2D eigenvalue weighted by Gasteiger charge is -2.09. The molecule has 0 aliphatic carbocycles. The van der Waals surface area contributed by atoms with Crippen LogP contribution in [0.4, 0.5) is 4.39 Å². The Hall–Kier alpha value is -0.800. The van der Waals surface area contributed by atoms with Gasteiger partial charge in [-0.2, -0.15) is 0 Å². The number of aliphatic carboxylic acids is 1. The van der Waals surface area contributed by atoms with Gasteiger partial charge in [-0.05, 0) is 24.6 Å². The van der Waals surface area contributed by atoms with E-state index in [1.54, 1.807) is 0 Å². The van der Waals surface area contributed by atoms with Crippen LogP contribution in [0, 0.1) is 5.82 Å². The highest BCUT2D eigenvalue weighted by atomic mass is 35.5. The molecule has 0 aliphatic heterocycles. The van der Waals surface area contributed by atoms with Crippen LogP contribution in [0.1, 0.15) is 18.4 Å². The number of rotatable bonds is 2. The number of hydrogen-bond donors (Lipinski definition) is 1. The molecule has 1 atom stereocenters. The third-order valence-electron chi connectivity index (χ3n) is 1.86. The lowest BCUT2D eigenvalue weighted by molar-refractivity contribution is -0.138. The number of carbonyl (C=O) groups is 1. The van der Waals surface area contributed by atoms with E-state index in [2.05, 4.69) is 0 Å². The van der Waals surface area contributed by atoms with Crippen LogP contribution in [0.25, 0.3) is 0 Å². The van der Waals surface area contributed by atoms with Gasteiger partial charge in [0.2, 0.25) is 0 Å². The van der Waals surface area contributed by atoms with Gasteiger partial charge in [-0.1, -0.05) is 23.2 Å². The lowest BCUT2D eigenvalue weighted by atomic mass is 10.0. The van der Waals surface area contributed by atoms with E-state index in [9.17, 15) is 9.18 Å². The summed E-state index contributed by atoms with van der Waals surface area (Å²) in [4.78, 5) is 10.7. The van der Waals surface area contributed by atoms with Crippen LogP contribution in [0.3, 0.4) is 0 Å². The second-order valence-electron chi connectivity index (χ2n) is 2.85. The highest BCUT2D eigenvalue weighted by Gasteiger charge is 2.19. The number of benzene rings is 1. The molecule has 1 aromatic carbocycles. The Morgan fingerprint density at radius 1 is 1.50 bits per heavy atom. The quantitative estimate of drug-likeness (QED) is 0.801. The summed E-state index contributed by atoms with van der Waals surface area (Å²) in [5, 5.41) is 8.66. The maximum Gasteiger partial charge on any atom is 0.310 e. The minimum Gasteiger partial charge on any atom is -0.481 e. The second-order valence-corrected chi connectivity index (χ2v) is 3.67. The van der Waals surface area contributed by atoms with E-state index in [4.69, 9.17) is 28.3 Å². The molecule has 1 rings (SSSR count). The van der Waals surface area contributed by atoms with E-state index in [1.165, 1.54) is 13.0 Å². The molecule has 76 valence electrons. The van der Waals surface area contributed by atoms with Crippen molar-refractivity contribution >= 4 is 29.2 Å². The molecular weight excluding hydrogens is 230 g/mol. The first kappa shape index (κ1) is 11.3. The molecule has 0 saturated heterocycles. The first-order chi connectivity index (χ1) is 6.43. The summed E-state index contributed by atoms with van der Waals surface area (Å²) in [6.45, 7) is 1.42. The first-order valence-electron chi connectivity index (χ1n) is 3.80. The van der Waals surface area contributed by atoms with E-state index in [-0.39, 0.29) is 15.6 Å². The van der Waals surface area contributed by atoms with Crippen molar-refractivity contribution in [3.05, 3.63) is 33.6 Å². The monoisotopic (exact) mass is 236 g/mol. The largest absolute Gasteiger partial charge is 0.481 e. The van der Waals surface area contributed by atoms with E-state index in [0.717, 1.165) is 6.07 Å². The molecule has 0 spiro atoms. The van der Waals surface area contributed by atoms with Gasteiger partial charge in [-0.25, -0.2) is 4.39 Å². The molecule has 0 fully saturated rings. The molecule has 0 radical (unpaired) electrons. The predicted molar refractivity (Wildman–Crippen MR) is 52.5 cm³/mol. The fraction of sp³-hybridized carbons (Fsp3) is 0.222. The molecule has 1 N–H and O–H groups in total. The molecule has 1 unspecified atom stereocenters. The molecule has 0 aliphatic rings. The van der Waals surface area contributed by atoms with Crippen molar-refractivity contribution in [1.82, 2.24) is 0 Å². The van der Waals surface area contributed by atoms with Crippen molar-refractivity contribution in [3.8, 4) is 0 Å². The van der Waals surface area contributed by atoms with Crippen LogP contribution in [-0.2, 0) is 4.79 Å². The zero-order chi connectivity index (χ0) is 10.9. The minimum absolute atomic E-state index is 0.134. The normalized spacial score (nSPS) is 12.6. The number of carboxylic acids is 1. The maximum absolute atomic E-state index is 13.1. The van der Waals surface area contributed by atoms with Gasteiger partial charge in [0.25, 0.3) is 0 Å². The summed E-state index contributed by atoms with van der Waals surface area (Å²) in [5.41, 5.74) is 0.184. The first-order valence-corrected chi connectivity index (χ1v) is 4.56. The highest BCUT2D eigenvalue weighted by Crippen LogP contribution is 2.30. The van der Waals surface area contributed by atoms with Crippen molar-refractivity contribution in [2.75, 3.05) is 0 Å². The molecular formula is C9H7Cl2FO2. The van der Waals surface area contributed by atoms with E-state index in [0.29, 0.717) is 0 Å². The van der Waals surface area contributed by atoms with E-state index < -0.39 is 17.7 Å². The molecule has 14 heavy (non-hydrogen) atoms. The predicted octanol–water partition coefficient (Wildman–Crippen LogP) is 3.32. The maximum atomic E-state index is 13.1. The third-order valence-corrected chi connectivity index (χ3v) is 2.48. The molecule has 2 nitrogen and oxygen atoms in total. The van der Waals surface area contributed by atoms with Crippen molar-refractivity contribution in [2.24, 2.45) is 0 Å². The number of halogens is 3. The average Bonchev–Trinajstić information content (AvgIpc) is 2.09. The standard InChI is InChI=1S/C9H7Cl2FO2/c1-4(9(13)14)6-2-5(10)3-7(12)8(6)11/h2-4H,1H3,(H,13,14). The fourth-order valence-electron chi connectivity index (χ4n) is 1.02. The summed E-state index contributed by atoms with van der Waals surface area (Å²) in [6, 6.07) is 2.40. The zero-order valence-electron chi connectivity index (χ0n) is 7.22. The van der Waals surface area contributed by atoms with Gasteiger partial charge in [0.15, 0.2) is 0 Å². The van der Waals surface area contributed by atoms with Crippen molar-refractivity contribution in [3.63, 3.8) is 0 Å². The Morgan fingerprint density at radius 3 is 2.57 bits per heavy atom. The number of carboxylic acid groups (broad SMARTS) is 1. The molecule has 0 bridgehead atoms. The van der Waals surface area contributed by atoms with Crippen LogP contribution < -0.4 is 0 Å². The molecule has 5 heteroatoms. The van der Waals surface area contributed by atoms with Gasteiger partial charge in [-0.15, -0.1) is 0 Å². The van der Waals surface area contributed by atoms with Crippen molar-refractivity contribution in [1.29, 1.82) is 0 Å². The van der Waals surface area contributed by atoms with Crippen molar-refractivity contribution in [2.45, 2.75) is 12.8 Å². The Balaban J connectivity index is 3.26. The van der Waals surface area contributed by atoms with Gasteiger partial charge in [0, 0.05) is 5.02 Å². The Kier molecular flexibility index (Phi) is 3.34. The molecule has 0 heterocycles. The molecule has 0 saturated carbocycles. The Morgan fingerprint density at radius 2 is 2.07 bits per heavy atom. The Labute approximate surface area is 90.3 Å². The molecule has 0 amide bonds. The van der Waals surface area contributed by atoms with E-state index in [1.807, 2.05) is 0 Å². The molecule has 0 aromatic heterocycles. The van der Waals surface area contributed by atoms with E-state index >= 15 is 0 Å². The van der Waals surface area contributed by atoms with Gasteiger partial charge in [-0.3, -0.25) is 4.79 Å². The van der Waals surface area contributed by atoms with Crippen LogP contribution >= 0.6 is 23.2 Å². The van der Waals surface area contributed by atoms with Gasteiger partial charge in [0.05, 0.1) is 10.9 Å². The summed E-state index contributed by atoms with van der Waals surface area (Å²) >= 11 is 11.2. The van der Waals surface area contributed by atoms with Crippen LogP contribution in [0.2, 0.25) is 10.0 Å². The minimum atomic E-state index is -1.08. The number of hydrogen-bond acceptors (Lipinski definition) is 1. The summed E-state index contributed by atoms with van der Waals surface area (Å²) < 4.78 is 13.1. The summed E-state index contributed by atoms with van der Waals surface area (Å²) in [5.74, 6) is -2.66. The average molecular weight is 237 g/mol. The summed E-state index contributed by atoms with van der Waals surface area (Å²) in [6.07, 6.45) is 0.